The molecule has 18 heavy (non-hydrogen) atoms. The molecule has 0 fully saturated rings. The van der Waals surface area contributed by atoms with E-state index in [0.29, 0.717) is 11.7 Å². The largest absolute Gasteiger partial charge is 0.359 e. The van der Waals surface area contributed by atoms with Gasteiger partial charge in [-0.1, -0.05) is 30.3 Å². The Bertz CT molecular complexity index is 439. The molecule has 1 aromatic heterocycles. The molecular weight excluding hydrogens is 242 g/mol. The Morgan fingerprint density at radius 2 is 1.44 bits per heavy atom. The van der Waals surface area contributed by atoms with Gasteiger partial charge < -0.3 is 10.6 Å². The molecule has 92 valence electrons. The van der Waals surface area contributed by atoms with E-state index in [1.165, 1.54) is 5.56 Å². The highest BCUT2D eigenvalue weighted by Crippen LogP contribution is 1.97. The molecule has 0 saturated heterocycles. The number of rotatable bonds is 4. The van der Waals surface area contributed by atoms with Crippen LogP contribution in [-0.4, -0.2) is 10.1 Å². The summed E-state index contributed by atoms with van der Waals surface area (Å²) in [6.07, 6.45) is 3.55. The van der Waals surface area contributed by atoms with Crippen molar-refractivity contribution in [2.24, 2.45) is 0 Å². The number of nitrogens with zero attached hydrogens (tertiary/aromatic N) is 1. The van der Waals surface area contributed by atoms with Crippen LogP contribution in [0.5, 0.6) is 0 Å². The van der Waals surface area contributed by atoms with Crippen molar-refractivity contribution in [1.29, 1.82) is 0 Å². The van der Waals surface area contributed by atoms with Gasteiger partial charge in [-0.25, -0.2) is 0 Å². The van der Waals surface area contributed by atoms with Crippen molar-refractivity contribution < 1.29 is 0 Å². The predicted octanol–water partition coefficient (Wildman–Crippen LogP) is 2.25. The minimum Gasteiger partial charge on any atom is -0.359 e. The number of thiocarbonyl (C=S) groups is 1. The van der Waals surface area contributed by atoms with Crippen LogP contribution in [0.4, 0.5) is 0 Å². The van der Waals surface area contributed by atoms with E-state index in [1.807, 2.05) is 30.3 Å². The first-order valence-electron chi connectivity index (χ1n) is 5.79. The van der Waals surface area contributed by atoms with Crippen LogP contribution in [0.3, 0.4) is 0 Å². The van der Waals surface area contributed by atoms with Crippen LogP contribution in [0, 0.1) is 0 Å². The summed E-state index contributed by atoms with van der Waals surface area (Å²) in [7, 11) is 0. The molecule has 4 heteroatoms. The predicted molar refractivity (Wildman–Crippen MR) is 77.0 cm³/mol. The van der Waals surface area contributed by atoms with Crippen LogP contribution >= 0.6 is 12.2 Å². The summed E-state index contributed by atoms with van der Waals surface area (Å²) in [5, 5.41) is 7.00. The fourth-order valence-corrected chi connectivity index (χ4v) is 1.67. The molecule has 0 saturated carbocycles. The highest BCUT2D eigenvalue weighted by molar-refractivity contribution is 7.80. The first-order chi connectivity index (χ1) is 8.84. The van der Waals surface area contributed by atoms with Crippen molar-refractivity contribution >= 4 is 17.3 Å². The van der Waals surface area contributed by atoms with Crippen LogP contribution in [0.1, 0.15) is 11.1 Å². The second-order valence-corrected chi connectivity index (χ2v) is 4.29. The Labute approximate surface area is 112 Å². The summed E-state index contributed by atoms with van der Waals surface area (Å²) in [4.78, 5) is 3.97. The van der Waals surface area contributed by atoms with Crippen molar-refractivity contribution in [3.63, 3.8) is 0 Å². The van der Waals surface area contributed by atoms with Gasteiger partial charge in [-0.3, -0.25) is 4.98 Å². The monoisotopic (exact) mass is 257 g/mol. The van der Waals surface area contributed by atoms with Gasteiger partial charge in [-0.15, -0.1) is 0 Å². The average molecular weight is 257 g/mol. The van der Waals surface area contributed by atoms with E-state index in [9.17, 15) is 0 Å². The smallest absolute Gasteiger partial charge is 0.166 e. The number of hydrogen-bond donors (Lipinski definition) is 2. The minimum absolute atomic E-state index is 0.663. The molecule has 0 aliphatic carbocycles. The van der Waals surface area contributed by atoms with Crippen LogP contribution in [0.2, 0.25) is 0 Å². The van der Waals surface area contributed by atoms with Crippen molar-refractivity contribution in [2.75, 3.05) is 0 Å². The summed E-state index contributed by atoms with van der Waals surface area (Å²) in [6, 6.07) is 14.1. The molecule has 0 radical (unpaired) electrons. The fraction of sp³-hybridized carbons (Fsp3) is 0.143. The van der Waals surface area contributed by atoms with Gasteiger partial charge in [0, 0.05) is 25.5 Å². The molecule has 0 spiro atoms. The summed E-state index contributed by atoms with van der Waals surface area (Å²) in [5.41, 5.74) is 2.37. The maximum atomic E-state index is 5.21. The van der Waals surface area contributed by atoms with Crippen molar-refractivity contribution in [2.45, 2.75) is 13.1 Å². The Hall–Kier alpha value is -1.94. The highest BCUT2D eigenvalue weighted by atomic mass is 32.1. The minimum atomic E-state index is 0.663. The van der Waals surface area contributed by atoms with Crippen molar-refractivity contribution in [1.82, 2.24) is 15.6 Å². The zero-order valence-electron chi connectivity index (χ0n) is 9.97. The second kappa shape index (κ2) is 6.71. The van der Waals surface area contributed by atoms with Crippen molar-refractivity contribution in [3.8, 4) is 0 Å². The van der Waals surface area contributed by atoms with E-state index >= 15 is 0 Å². The summed E-state index contributed by atoms with van der Waals surface area (Å²) in [5.74, 6) is 0. The molecule has 0 bridgehead atoms. The molecular formula is C14H15N3S. The number of nitrogens with one attached hydrogen (secondary N) is 2. The molecule has 2 aromatic rings. The lowest BCUT2D eigenvalue weighted by molar-refractivity contribution is 0.832. The lowest BCUT2D eigenvalue weighted by atomic mass is 10.2. The first-order valence-corrected chi connectivity index (χ1v) is 6.20. The lowest BCUT2D eigenvalue weighted by Crippen LogP contribution is -2.34. The number of benzene rings is 1. The third-order valence-electron chi connectivity index (χ3n) is 2.50. The Balaban J connectivity index is 1.73. The van der Waals surface area contributed by atoms with Gasteiger partial charge in [0.15, 0.2) is 5.11 Å². The molecule has 0 amide bonds. The molecule has 0 aliphatic heterocycles. The molecule has 2 N–H and O–H groups in total. The summed E-state index contributed by atoms with van der Waals surface area (Å²) >= 11 is 5.21. The number of pyridine rings is 1. The van der Waals surface area contributed by atoms with Crippen LogP contribution in [-0.2, 0) is 13.1 Å². The highest BCUT2D eigenvalue weighted by Gasteiger charge is 1.96. The van der Waals surface area contributed by atoms with Gasteiger partial charge in [0.1, 0.15) is 0 Å². The molecule has 0 atom stereocenters. The standard InChI is InChI=1S/C14H15N3S/c18-14(16-10-12-4-2-1-3-5-12)17-11-13-6-8-15-9-7-13/h1-9H,10-11H2,(H2,16,17,18). The van der Waals surface area contributed by atoms with E-state index in [2.05, 4.69) is 27.8 Å². The van der Waals surface area contributed by atoms with Crippen LogP contribution in [0.15, 0.2) is 54.9 Å². The van der Waals surface area contributed by atoms with Gasteiger partial charge in [0.25, 0.3) is 0 Å². The van der Waals surface area contributed by atoms with Gasteiger partial charge in [-0.05, 0) is 35.5 Å². The maximum absolute atomic E-state index is 5.21. The van der Waals surface area contributed by atoms with Crippen LogP contribution < -0.4 is 10.6 Å². The van der Waals surface area contributed by atoms with E-state index in [4.69, 9.17) is 12.2 Å². The summed E-state index contributed by atoms with van der Waals surface area (Å²) < 4.78 is 0. The zero-order valence-corrected chi connectivity index (χ0v) is 10.8. The zero-order chi connectivity index (χ0) is 12.6. The SMILES string of the molecule is S=C(NCc1ccccc1)NCc1ccncc1. The van der Waals surface area contributed by atoms with Gasteiger partial charge in [-0.2, -0.15) is 0 Å². The molecule has 1 aromatic carbocycles. The molecule has 0 aliphatic rings. The maximum Gasteiger partial charge on any atom is 0.166 e. The normalized spacial score (nSPS) is 9.78. The third-order valence-corrected chi connectivity index (χ3v) is 2.79. The van der Waals surface area contributed by atoms with E-state index in [0.717, 1.165) is 12.1 Å². The topological polar surface area (TPSA) is 37.0 Å². The lowest BCUT2D eigenvalue weighted by Gasteiger charge is -2.10. The molecule has 0 unspecified atom stereocenters. The average Bonchev–Trinajstić information content (AvgIpc) is 2.45. The van der Waals surface area contributed by atoms with E-state index in [-0.39, 0.29) is 0 Å². The Kier molecular flexibility index (Phi) is 4.67. The van der Waals surface area contributed by atoms with Crippen molar-refractivity contribution in [3.05, 3.63) is 66.0 Å². The van der Waals surface area contributed by atoms with Gasteiger partial charge in [0.2, 0.25) is 0 Å². The Morgan fingerprint density at radius 3 is 2.06 bits per heavy atom. The fourth-order valence-electron chi connectivity index (χ4n) is 1.52. The molecule has 2 rings (SSSR count). The summed E-state index contributed by atoms with van der Waals surface area (Å²) in [6.45, 7) is 1.45. The molecule has 1 heterocycles. The van der Waals surface area contributed by atoms with E-state index < -0.39 is 0 Å². The third kappa shape index (κ3) is 4.14. The van der Waals surface area contributed by atoms with Crippen LogP contribution in [0.25, 0.3) is 0 Å². The number of hydrogen-bond acceptors (Lipinski definition) is 2. The second-order valence-electron chi connectivity index (χ2n) is 3.88. The van der Waals surface area contributed by atoms with Gasteiger partial charge >= 0.3 is 0 Å². The quantitative estimate of drug-likeness (QED) is 0.824. The first kappa shape index (κ1) is 12.5. The van der Waals surface area contributed by atoms with Gasteiger partial charge in [0.05, 0.1) is 0 Å². The molecule has 3 nitrogen and oxygen atoms in total. The Morgan fingerprint density at radius 1 is 0.889 bits per heavy atom. The van der Waals surface area contributed by atoms with E-state index in [1.54, 1.807) is 12.4 Å². The number of aromatic nitrogens is 1.